The molecule has 0 amide bonds. The number of aromatic nitrogens is 3. The molecule has 0 radical (unpaired) electrons. The Balaban J connectivity index is 1.87. The van der Waals surface area contributed by atoms with Crippen LogP contribution in [0.4, 0.5) is 11.5 Å². The molecule has 5 nitrogen and oxygen atoms in total. The van der Waals surface area contributed by atoms with Crippen molar-refractivity contribution in [2.24, 2.45) is 0 Å². The Bertz CT molecular complexity index is 449. The number of pyridine rings is 1. The first-order valence-corrected chi connectivity index (χ1v) is 5.21. The second-order valence-corrected chi connectivity index (χ2v) is 3.58. The summed E-state index contributed by atoms with van der Waals surface area (Å²) in [5, 5.41) is 3.22. The van der Waals surface area contributed by atoms with Crippen molar-refractivity contribution in [3.05, 3.63) is 36.0 Å². The topological polar surface area (TPSA) is 79.6 Å². The average Bonchev–Trinajstić information content (AvgIpc) is 2.76. The van der Waals surface area contributed by atoms with Crippen LogP contribution in [0.1, 0.15) is 11.5 Å². The minimum atomic E-state index is 0.719. The lowest BCUT2D eigenvalue weighted by Crippen LogP contribution is -2.08. The van der Waals surface area contributed by atoms with E-state index in [1.807, 2.05) is 25.3 Å². The van der Waals surface area contributed by atoms with Gasteiger partial charge in [0.15, 0.2) is 0 Å². The van der Waals surface area contributed by atoms with Gasteiger partial charge in [-0.3, -0.25) is 0 Å². The third-order valence-corrected chi connectivity index (χ3v) is 2.35. The number of nitrogens with zero attached hydrogens (tertiary/aromatic N) is 2. The number of hydrogen-bond acceptors (Lipinski definition) is 4. The molecule has 0 aliphatic carbocycles. The standard InChI is InChI=1S/C11H15N5/c1-8-9(12)2-3-11(16-8)13-5-4-10-14-6-7-15-10/h2-3,6-7H,4-5,12H2,1H3,(H,13,16)(H,14,15). The fourth-order valence-corrected chi connectivity index (χ4v) is 1.41. The van der Waals surface area contributed by atoms with Gasteiger partial charge in [-0.15, -0.1) is 0 Å². The minimum Gasteiger partial charge on any atom is -0.397 e. The van der Waals surface area contributed by atoms with Crippen molar-refractivity contribution in [1.82, 2.24) is 15.0 Å². The predicted molar refractivity (Wildman–Crippen MR) is 64.2 cm³/mol. The Kier molecular flexibility index (Phi) is 3.05. The van der Waals surface area contributed by atoms with Crippen LogP contribution in [0.5, 0.6) is 0 Å². The van der Waals surface area contributed by atoms with E-state index in [2.05, 4.69) is 20.3 Å². The normalized spacial score (nSPS) is 10.3. The number of rotatable bonds is 4. The quantitative estimate of drug-likeness (QED) is 0.722. The van der Waals surface area contributed by atoms with Gasteiger partial charge in [-0.25, -0.2) is 9.97 Å². The van der Waals surface area contributed by atoms with E-state index in [4.69, 9.17) is 5.73 Å². The van der Waals surface area contributed by atoms with Gasteiger partial charge in [0.25, 0.3) is 0 Å². The molecule has 2 aromatic heterocycles. The first kappa shape index (κ1) is 10.5. The van der Waals surface area contributed by atoms with Crippen LogP contribution in [0.15, 0.2) is 24.5 Å². The lowest BCUT2D eigenvalue weighted by Gasteiger charge is -2.06. The zero-order valence-electron chi connectivity index (χ0n) is 9.20. The summed E-state index contributed by atoms with van der Waals surface area (Å²) in [7, 11) is 0. The van der Waals surface area contributed by atoms with Crippen molar-refractivity contribution >= 4 is 11.5 Å². The highest BCUT2D eigenvalue weighted by Crippen LogP contribution is 2.11. The Morgan fingerprint density at radius 1 is 1.44 bits per heavy atom. The second-order valence-electron chi connectivity index (χ2n) is 3.58. The van der Waals surface area contributed by atoms with E-state index in [1.165, 1.54) is 0 Å². The molecule has 0 saturated carbocycles. The highest BCUT2D eigenvalue weighted by molar-refractivity contribution is 5.48. The van der Waals surface area contributed by atoms with Gasteiger partial charge in [0, 0.05) is 25.4 Å². The number of nitrogens with two attached hydrogens (primary N) is 1. The van der Waals surface area contributed by atoms with Crippen LogP contribution in [-0.2, 0) is 6.42 Å². The third-order valence-electron chi connectivity index (χ3n) is 2.35. The van der Waals surface area contributed by atoms with Crippen molar-refractivity contribution < 1.29 is 0 Å². The van der Waals surface area contributed by atoms with Crippen molar-refractivity contribution in [3.8, 4) is 0 Å². The molecule has 0 spiro atoms. The van der Waals surface area contributed by atoms with E-state index < -0.39 is 0 Å². The lowest BCUT2D eigenvalue weighted by molar-refractivity contribution is 0.920. The molecular weight excluding hydrogens is 202 g/mol. The maximum Gasteiger partial charge on any atom is 0.126 e. The molecule has 0 unspecified atom stereocenters. The second kappa shape index (κ2) is 4.65. The zero-order valence-corrected chi connectivity index (χ0v) is 9.20. The van der Waals surface area contributed by atoms with Gasteiger partial charge in [0.2, 0.25) is 0 Å². The number of anilines is 2. The first-order chi connectivity index (χ1) is 7.75. The molecule has 16 heavy (non-hydrogen) atoms. The maximum absolute atomic E-state index is 5.69. The van der Waals surface area contributed by atoms with Crippen molar-refractivity contribution in [2.75, 3.05) is 17.6 Å². The summed E-state index contributed by atoms with van der Waals surface area (Å²) in [6.07, 6.45) is 4.42. The van der Waals surface area contributed by atoms with Crippen LogP contribution in [-0.4, -0.2) is 21.5 Å². The molecule has 2 heterocycles. The highest BCUT2D eigenvalue weighted by Gasteiger charge is 1.98. The molecule has 0 saturated heterocycles. The summed E-state index contributed by atoms with van der Waals surface area (Å²) in [4.78, 5) is 11.5. The minimum absolute atomic E-state index is 0.719. The molecule has 0 aliphatic heterocycles. The summed E-state index contributed by atoms with van der Waals surface area (Å²) in [5.74, 6) is 1.82. The van der Waals surface area contributed by atoms with Crippen LogP contribution in [0.3, 0.4) is 0 Å². The number of nitrogen functional groups attached to an aromatic ring is 1. The highest BCUT2D eigenvalue weighted by atomic mass is 15.0. The van der Waals surface area contributed by atoms with E-state index in [1.54, 1.807) is 6.20 Å². The van der Waals surface area contributed by atoms with Gasteiger partial charge in [-0.05, 0) is 19.1 Å². The van der Waals surface area contributed by atoms with Crippen molar-refractivity contribution in [3.63, 3.8) is 0 Å². The average molecular weight is 217 g/mol. The van der Waals surface area contributed by atoms with Gasteiger partial charge < -0.3 is 16.0 Å². The molecule has 5 heteroatoms. The molecule has 2 rings (SSSR count). The number of aromatic amines is 1. The molecule has 0 fully saturated rings. The van der Waals surface area contributed by atoms with E-state index in [0.717, 1.165) is 36.0 Å². The van der Waals surface area contributed by atoms with Crippen LogP contribution >= 0.6 is 0 Å². The Morgan fingerprint density at radius 3 is 3.00 bits per heavy atom. The fourth-order valence-electron chi connectivity index (χ4n) is 1.41. The summed E-state index contributed by atoms with van der Waals surface area (Å²) >= 11 is 0. The van der Waals surface area contributed by atoms with Crippen molar-refractivity contribution in [2.45, 2.75) is 13.3 Å². The molecule has 2 aromatic rings. The maximum atomic E-state index is 5.69. The van der Waals surface area contributed by atoms with Crippen LogP contribution < -0.4 is 11.1 Å². The summed E-state index contributed by atoms with van der Waals surface area (Å²) in [5.41, 5.74) is 7.26. The fraction of sp³-hybridized carbons (Fsp3) is 0.273. The SMILES string of the molecule is Cc1nc(NCCc2ncc[nH]2)ccc1N. The number of H-pyrrole nitrogens is 1. The van der Waals surface area contributed by atoms with Crippen LogP contribution in [0.2, 0.25) is 0 Å². The van der Waals surface area contributed by atoms with Gasteiger partial charge in [0.05, 0.1) is 11.4 Å². The monoisotopic (exact) mass is 217 g/mol. The Morgan fingerprint density at radius 2 is 2.31 bits per heavy atom. The molecule has 84 valence electrons. The van der Waals surface area contributed by atoms with Crippen molar-refractivity contribution in [1.29, 1.82) is 0 Å². The predicted octanol–water partition coefficient (Wildman–Crippen LogP) is 1.35. The summed E-state index contributed by atoms with van der Waals surface area (Å²) < 4.78 is 0. The number of aryl methyl sites for hydroxylation is 1. The van der Waals surface area contributed by atoms with Gasteiger partial charge in [-0.2, -0.15) is 0 Å². The van der Waals surface area contributed by atoms with Crippen LogP contribution in [0.25, 0.3) is 0 Å². The molecule has 4 N–H and O–H groups in total. The molecular formula is C11H15N5. The number of imidazole rings is 1. The molecule has 0 bridgehead atoms. The van der Waals surface area contributed by atoms with Gasteiger partial charge in [0.1, 0.15) is 11.6 Å². The Labute approximate surface area is 94.1 Å². The smallest absolute Gasteiger partial charge is 0.126 e. The molecule has 0 aromatic carbocycles. The Hall–Kier alpha value is -2.04. The van der Waals surface area contributed by atoms with Gasteiger partial charge in [-0.1, -0.05) is 0 Å². The van der Waals surface area contributed by atoms with Crippen LogP contribution in [0, 0.1) is 6.92 Å². The molecule has 0 aliphatic rings. The van der Waals surface area contributed by atoms with E-state index in [-0.39, 0.29) is 0 Å². The number of nitrogens with one attached hydrogen (secondary N) is 2. The summed E-state index contributed by atoms with van der Waals surface area (Å²) in [6, 6.07) is 3.74. The number of hydrogen-bond donors (Lipinski definition) is 3. The largest absolute Gasteiger partial charge is 0.397 e. The zero-order chi connectivity index (χ0) is 11.4. The first-order valence-electron chi connectivity index (χ1n) is 5.21. The van der Waals surface area contributed by atoms with E-state index in [9.17, 15) is 0 Å². The third kappa shape index (κ3) is 2.50. The van der Waals surface area contributed by atoms with E-state index >= 15 is 0 Å². The van der Waals surface area contributed by atoms with E-state index in [0.29, 0.717) is 0 Å². The molecule has 0 atom stereocenters. The lowest BCUT2D eigenvalue weighted by atomic mass is 10.3. The summed E-state index contributed by atoms with van der Waals surface area (Å²) in [6.45, 7) is 2.69. The van der Waals surface area contributed by atoms with Gasteiger partial charge >= 0.3 is 0 Å².